The Morgan fingerprint density at radius 2 is 1.89 bits per heavy atom. The summed E-state index contributed by atoms with van der Waals surface area (Å²) in [6.07, 6.45) is 2.75. The molecule has 0 aliphatic heterocycles. The van der Waals surface area contributed by atoms with Crippen molar-refractivity contribution in [2.45, 2.75) is 11.4 Å². The molecule has 0 saturated carbocycles. The average Bonchev–Trinajstić information content (AvgIpc) is 2.70. The van der Waals surface area contributed by atoms with Gasteiger partial charge in [0.1, 0.15) is 10.6 Å². The number of methoxy groups -OCH3 is 1. The molecule has 2 aromatic heterocycles. The molecule has 140 valence electrons. The van der Waals surface area contributed by atoms with Gasteiger partial charge in [-0.2, -0.15) is 5.10 Å². The van der Waals surface area contributed by atoms with Gasteiger partial charge >= 0.3 is 0 Å². The Bertz CT molecular complexity index is 1060. The highest BCUT2D eigenvalue weighted by Gasteiger charge is 2.13. The average molecular weight is 386 g/mol. The highest BCUT2D eigenvalue weighted by molar-refractivity contribution is 7.89. The van der Waals surface area contributed by atoms with E-state index in [0.29, 0.717) is 5.69 Å². The van der Waals surface area contributed by atoms with Crippen molar-refractivity contribution < 1.29 is 13.2 Å². The van der Waals surface area contributed by atoms with Crippen LogP contribution in [0.15, 0.2) is 70.6 Å². The van der Waals surface area contributed by atoms with E-state index in [-0.39, 0.29) is 23.5 Å². The first-order valence-corrected chi connectivity index (χ1v) is 9.60. The van der Waals surface area contributed by atoms with Crippen molar-refractivity contribution in [3.8, 4) is 17.0 Å². The zero-order valence-electron chi connectivity index (χ0n) is 14.6. The number of benzene rings is 1. The first-order chi connectivity index (χ1) is 13.0. The third kappa shape index (κ3) is 4.57. The fourth-order valence-electron chi connectivity index (χ4n) is 2.40. The molecule has 0 spiro atoms. The monoisotopic (exact) mass is 386 g/mol. The van der Waals surface area contributed by atoms with Gasteiger partial charge in [-0.15, -0.1) is 0 Å². The Morgan fingerprint density at radius 3 is 2.56 bits per heavy atom. The molecule has 8 nitrogen and oxygen atoms in total. The Hall–Kier alpha value is -3.04. The summed E-state index contributed by atoms with van der Waals surface area (Å²) in [6.45, 7) is 0.124. The molecule has 3 aromatic rings. The number of pyridine rings is 1. The molecule has 0 bridgehead atoms. The Labute approximate surface area is 156 Å². The number of rotatable bonds is 7. The second-order valence-electron chi connectivity index (χ2n) is 5.59. The highest BCUT2D eigenvalue weighted by atomic mass is 32.2. The van der Waals surface area contributed by atoms with Gasteiger partial charge in [-0.05, 0) is 42.5 Å². The molecule has 2 heterocycles. The molecule has 9 heteroatoms. The molecule has 1 aromatic carbocycles. The van der Waals surface area contributed by atoms with Crippen LogP contribution in [-0.4, -0.2) is 36.8 Å². The summed E-state index contributed by atoms with van der Waals surface area (Å²) in [6, 6.07) is 13.3. The zero-order chi connectivity index (χ0) is 19.3. The Kier molecular flexibility index (Phi) is 5.63. The van der Waals surface area contributed by atoms with Gasteiger partial charge in [0.2, 0.25) is 10.0 Å². The third-order valence-corrected chi connectivity index (χ3v) is 5.26. The summed E-state index contributed by atoms with van der Waals surface area (Å²) < 4.78 is 33.2. The van der Waals surface area contributed by atoms with E-state index >= 15 is 0 Å². The first-order valence-electron chi connectivity index (χ1n) is 8.12. The summed E-state index contributed by atoms with van der Waals surface area (Å²) in [5.74, 6) is 0.719. The quantitative estimate of drug-likeness (QED) is 0.656. The minimum atomic E-state index is -3.68. The van der Waals surface area contributed by atoms with Crippen molar-refractivity contribution >= 4 is 10.0 Å². The Morgan fingerprint density at radius 1 is 1.11 bits per heavy atom. The lowest BCUT2D eigenvalue weighted by molar-refractivity contribution is 0.415. The molecule has 27 heavy (non-hydrogen) atoms. The standard InChI is InChI=1S/C18H18N4O4S/c1-26-15-6-4-14(5-7-15)17-8-9-18(23)22(21-17)12-11-20-27(24,25)16-3-2-10-19-13-16/h2-10,13,20H,11-12H2,1H3. The van der Waals surface area contributed by atoms with E-state index in [1.165, 1.54) is 29.2 Å². The van der Waals surface area contributed by atoms with Crippen molar-refractivity contribution in [1.82, 2.24) is 19.5 Å². The first kappa shape index (κ1) is 18.7. The van der Waals surface area contributed by atoms with E-state index in [1.54, 1.807) is 31.4 Å². The van der Waals surface area contributed by atoms with E-state index in [0.717, 1.165) is 11.3 Å². The zero-order valence-corrected chi connectivity index (χ0v) is 15.4. The lowest BCUT2D eigenvalue weighted by Crippen LogP contribution is -2.32. The van der Waals surface area contributed by atoms with Crippen LogP contribution in [0.1, 0.15) is 0 Å². The van der Waals surface area contributed by atoms with Crippen LogP contribution in [0.3, 0.4) is 0 Å². The maximum Gasteiger partial charge on any atom is 0.266 e. The summed E-state index contributed by atoms with van der Waals surface area (Å²) >= 11 is 0. The number of nitrogens with one attached hydrogen (secondary N) is 1. The lowest BCUT2D eigenvalue weighted by atomic mass is 10.1. The van der Waals surface area contributed by atoms with Crippen molar-refractivity contribution in [3.05, 3.63) is 71.3 Å². The van der Waals surface area contributed by atoms with Crippen molar-refractivity contribution in [1.29, 1.82) is 0 Å². The highest BCUT2D eigenvalue weighted by Crippen LogP contribution is 2.19. The van der Waals surface area contributed by atoms with E-state index in [9.17, 15) is 13.2 Å². The normalized spacial score (nSPS) is 11.3. The van der Waals surface area contributed by atoms with Crippen molar-refractivity contribution in [2.75, 3.05) is 13.7 Å². The van der Waals surface area contributed by atoms with Gasteiger partial charge < -0.3 is 4.74 Å². The summed E-state index contributed by atoms with van der Waals surface area (Å²) in [5, 5.41) is 4.31. The second-order valence-corrected chi connectivity index (χ2v) is 7.36. The van der Waals surface area contributed by atoms with E-state index in [4.69, 9.17) is 4.74 Å². The van der Waals surface area contributed by atoms with E-state index in [2.05, 4.69) is 14.8 Å². The van der Waals surface area contributed by atoms with Gasteiger partial charge in [0.05, 0.1) is 19.3 Å². The fraction of sp³-hybridized carbons (Fsp3) is 0.167. The predicted octanol–water partition coefficient (Wildman–Crippen LogP) is 1.29. The number of ether oxygens (including phenoxy) is 1. The number of hydrogen-bond donors (Lipinski definition) is 1. The summed E-state index contributed by atoms with van der Waals surface area (Å²) in [7, 11) is -2.10. The van der Waals surface area contributed by atoms with Crippen LogP contribution in [0.4, 0.5) is 0 Å². The largest absolute Gasteiger partial charge is 0.497 e. The van der Waals surface area contributed by atoms with Gasteiger partial charge in [-0.3, -0.25) is 9.78 Å². The van der Waals surface area contributed by atoms with Crippen molar-refractivity contribution in [2.24, 2.45) is 0 Å². The minimum Gasteiger partial charge on any atom is -0.497 e. The molecule has 0 unspecified atom stereocenters. The maximum absolute atomic E-state index is 12.2. The van der Waals surface area contributed by atoms with Crippen LogP contribution in [0.25, 0.3) is 11.3 Å². The van der Waals surface area contributed by atoms with E-state index in [1.807, 2.05) is 12.1 Å². The van der Waals surface area contributed by atoms with Crippen molar-refractivity contribution in [3.63, 3.8) is 0 Å². The third-order valence-electron chi connectivity index (χ3n) is 3.81. The summed E-state index contributed by atoms with van der Waals surface area (Å²) in [5.41, 5.74) is 1.11. The van der Waals surface area contributed by atoms with Gasteiger partial charge in [-0.1, -0.05) is 0 Å². The van der Waals surface area contributed by atoms with Gasteiger partial charge in [0.15, 0.2) is 0 Å². The molecule has 0 amide bonds. The number of sulfonamides is 1. The molecule has 0 fully saturated rings. The molecule has 1 N–H and O–H groups in total. The maximum atomic E-state index is 12.2. The minimum absolute atomic E-state index is 0.0240. The van der Waals surface area contributed by atoms with Crippen LogP contribution in [0.2, 0.25) is 0 Å². The topological polar surface area (TPSA) is 103 Å². The van der Waals surface area contributed by atoms with Crippen LogP contribution < -0.4 is 15.0 Å². The molecule has 0 aliphatic carbocycles. The van der Waals surface area contributed by atoms with E-state index < -0.39 is 10.0 Å². The van der Waals surface area contributed by atoms with Crippen LogP contribution >= 0.6 is 0 Å². The number of nitrogens with zero attached hydrogens (tertiary/aromatic N) is 3. The van der Waals surface area contributed by atoms with Gasteiger partial charge in [0.25, 0.3) is 5.56 Å². The van der Waals surface area contributed by atoms with Gasteiger partial charge in [0, 0.05) is 30.6 Å². The molecule has 3 rings (SSSR count). The predicted molar refractivity (Wildman–Crippen MR) is 99.9 cm³/mol. The lowest BCUT2D eigenvalue weighted by Gasteiger charge is -2.09. The van der Waals surface area contributed by atoms with Crippen LogP contribution in [0, 0.1) is 0 Å². The van der Waals surface area contributed by atoms with Gasteiger partial charge in [-0.25, -0.2) is 17.8 Å². The molecule has 0 saturated heterocycles. The molecule has 0 aliphatic rings. The molecule has 0 radical (unpaired) electrons. The smallest absolute Gasteiger partial charge is 0.266 e. The molecule has 0 atom stereocenters. The van der Waals surface area contributed by atoms with Crippen LogP contribution in [0.5, 0.6) is 5.75 Å². The SMILES string of the molecule is COc1ccc(-c2ccc(=O)n(CCNS(=O)(=O)c3cccnc3)n2)cc1. The van der Waals surface area contributed by atoms with Crippen LogP contribution in [-0.2, 0) is 16.6 Å². The second kappa shape index (κ2) is 8.11. The number of hydrogen-bond acceptors (Lipinski definition) is 6. The molecular weight excluding hydrogens is 368 g/mol. The molecular formula is C18H18N4O4S. The Balaban J connectivity index is 1.72. The summed E-state index contributed by atoms with van der Waals surface area (Å²) in [4.78, 5) is 15.9. The fourth-order valence-corrected chi connectivity index (χ4v) is 3.38. The number of aromatic nitrogens is 3.